The van der Waals surface area contributed by atoms with Crippen molar-refractivity contribution in [2.75, 3.05) is 6.61 Å². The Hall–Kier alpha value is -1.38. The minimum atomic E-state index is 0.0672. The molecule has 1 aromatic heterocycles. The third kappa shape index (κ3) is 4.01. The maximum Gasteiger partial charge on any atom is 0.180 e. The number of ether oxygens (including phenoxy) is 1. The molecule has 0 atom stereocenters. The van der Waals surface area contributed by atoms with Gasteiger partial charge in [-0.25, -0.2) is 4.98 Å². The summed E-state index contributed by atoms with van der Waals surface area (Å²) in [4.78, 5) is 15.4. The maximum atomic E-state index is 11.3. The molecule has 88 valence electrons. The highest BCUT2D eigenvalue weighted by molar-refractivity contribution is 5.93. The third-order valence-corrected chi connectivity index (χ3v) is 2.36. The maximum absolute atomic E-state index is 11.3. The molecule has 0 fully saturated rings. The van der Waals surface area contributed by atoms with Gasteiger partial charge in [-0.15, -0.1) is 0 Å². The summed E-state index contributed by atoms with van der Waals surface area (Å²) in [5.41, 5.74) is 0.517. The largest absolute Gasteiger partial charge is 0.492 e. The lowest BCUT2D eigenvalue weighted by Crippen LogP contribution is -2.01. The summed E-state index contributed by atoms with van der Waals surface area (Å²) in [5, 5.41) is 0. The molecule has 0 radical (unpaired) electrons. The Morgan fingerprint density at radius 2 is 2.12 bits per heavy atom. The molecule has 3 heteroatoms. The molecular formula is C13H19NO2. The number of pyridine rings is 1. The zero-order valence-corrected chi connectivity index (χ0v) is 10.0. The van der Waals surface area contributed by atoms with Crippen LogP contribution in [0.3, 0.4) is 0 Å². The quantitative estimate of drug-likeness (QED) is 0.524. The Morgan fingerprint density at radius 1 is 1.31 bits per heavy atom. The molecule has 0 aliphatic rings. The normalized spacial score (nSPS) is 10.1. The van der Waals surface area contributed by atoms with Crippen molar-refractivity contribution in [2.45, 2.75) is 39.5 Å². The summed E-state index contributed by atoms with van der Waals surface area (Å²) in [5.74, 6) is 0.807. The molecule has 3 nitrogen and oxygen atoms in total. The Morgan fingerprint density at radius 3 is 2.69 bits per heavy atom. The van der Waals surface area contributed by atoms with Gasteiger partial charge in [0, 0.05) is 6.42 Å². The number of aromatic nitrogens is 1. The van der Waals surface area contributed by atoms with Crippen LogP contribution in [0.1, 0.15) is 50.0 Å². The average Bonchev–Trinajstić information content (AvgIpc) is 2.34. The minimum absolute atomic E-state index is 0.0672. The van der Waals surface area contributed by atoms with E-state index >= 15 is 0 Å². The highest BCUT2D eigenvalue weighted by Crippen LogP contribution is 2.11. The first-order valence-electron chi connectivity index (χ1n) is 5.90. The van der Waals surface area contributed by atoms with E-state index in [9.17, 15) is 4.79 Å². The molecule has 16 heavy (non-hydrogen) atoms. The fourth-order valence-electron chi connectivity index (χ4n) is 1.35. The van der Waals surface area contributed by atoms with Crippen molar-refractivity contribution >= 4 is 5.78 Å². The monoisotopic (exact) mass is 221 g/mol. The molecule has 0 aliphatic carbocycles. The van der Waals surface area contributed by atoms with Gasteiger partial charge in [-0.05, 0) is 18.6 Å². The molecule has 0 saturated carbocycles. The molecule has 0 bridgehead atoms. The van der Waals surface area contributed by atoms with Crippen LogP contribution in [-0.2, 0) is 0 Å². The van der Waals surface area contributed by atoms with Gasteiger partial charge in [-0.1, -0.05) is 26.7 Å². The predicted molar refractivity (Wildman–Crippen MR) is 63.9 cm³/mol. The van der Waals surface area contributed by atoms with Crippen LogP contribution in [0.4, 0.5) is 0 Å². The van der Waals surface area contributed by atoms with Crippen molar-refractivity contribution in [3.8, 4) is 5.75 Å². The second-order valence-corrected chi connectivity index (χ2v) is 3.71. The molecule has 0 spiro atoms. The lowest BCUT2D eigenvalue weighted by atomic mass is 10.2. The Labute approximate surface area is 96.8 Å². The molecule has 0 N–H and O–H groups in total. The highest BCUT2D eigenvalue weighted by Gasteiger charge is 2.04. The van der Waals surface area contributed by atoms with Crippen molar-refractivity contribution in [1.29, 1.82) is 0 Å². The minimum Gasteiger partial charge on any atom is -0.492 e. The number of hydrogen-bond acceptors (Lipinski definition) is 3. The standard InChI is InChI=1S/C13H19NO2/c1-3-5-6-9-16-11-7-8-12(14-10-11)13(15)4-2/h7-8,10H,3-6,9H2,1-2H3. The van der Waals surface area contributed by atoms with E-state index in [1.807, 2.05) is 13.0 Å². The van der Waals surface area contributed by atoms with Gasteiger partial charge in [0.05, 0.1) is 12.8 Å². The van der Waals surface area contributed by atoms with Crippen LogP contribution >= 0.6 is 0 Å². The summed E-state index contributed by atoms with van der Waals surface area (Å²) >= 11 is 0. The molecule has 0 aliphatic heterocycles. The number of unbranched alkanes of at least 4 members (excludes halogenated alkanes) is 2. The number of Topliss-reactive ketones (excluding diaryl/α,β-unsaturated/α-hetero) is 1. The predicted octanol–water partition coefficient (Wildman–Crippen LogP) is 3.24. The van der Waals surface area contributed by atoms with Crippen molar-refractivity contribution in [3.63, 3.8) is 0 Å². The molecule has 1 aromatic rings. The van der Waals surface area contributed by atoms with E-state index in [4.69, 9.17) is 4.74 Å². The molecule has 0 aromatic carbocycles. The van der Waals surface area contributed by atoms with Gasteiger partial charge < -0.3 is 4.74 Å². The lowest BCUT2D eigenvalue weighted by Gasteiger charge is -2.05. The summed E-state index contributed by atoms with van der Waals surface area (Å²) < 4.78 is 5.50. The lowest BCUT2D eigenvalue weighted by molar-refractivity contribution is 0.0983. The molecule has 0 unspecified atom stereocenters. The van der Waals surface area contributed by atoms with Crippen LogP contribution in [0.15, 0.2) is 18.3 Å². The second-order valence-electron chi connectivity index (χ2n) is 3.71. The summed E-state index contributed by atoms with van der Waals surface area (Å²) in [7, 11) is 0. The van der Waals surface area contributed by atoms with Crippen molar-refractivity contribution in [1.82, 2.24) is 4.98 Å². The van der Waals surface area contributed by atoms with E-state index in [1.54, 1.807) is 12.3 Å². The van der Waals surface area contributed by atoms with Crippen molar-refractivity contribution in [2.24, 2.45) is 0 Å². The van der Waals surface area contributed by atoms with Gasteiger partial charge in [0.1, 0.15) is 11.4 Å². The van der Waals surface area contributed by atoms with Crippen LogP contribution in [0.25, 0.3) is 0 Å². The first kappa shape index (κ1) is 12.7. The Balaban J connectivity index is 2.42. The van der Waals surface area contributed by atoms with Crippen molar-refractivity contribution in [3.05, 3.63) is 24.0 Å². The highest BCUT2D eigenvalue weighted by atomic mass is 16.5. The first-order valence-corrected chi connectivity index (χ1v) is 5.90. The van der Waals surface area contributed by atoms with E-state index in [2.05, 4.69) is 11.9 Å². The van der Waals surface area contributed by atoms with Gasteiger partial charge in [0.2, 0.25) is 0 Å². The fourth-order valence-corrected chi connectivity index (χ4v) is 1.35. The summed E-state index contributed by atoms with van der Waals surface area (Å²) in [6.45, 7) is 4.71. The smallest absolute Gasteiger partial charge is 0.180 e. The van der Waals surface area contributed by atoms with E-state index in [1.165, 1.54) is 12.8 Å². The second kappa shape index (κ2) is 6.99. The average molecular weight is 221 g/mol. The molecule has 0 saturated heterocycles. The SMILES string of the molecule is CCCCCOc1ccc(C(=O)CC)nc1. The summed E-state index contributed by atoms with van der Waals surface area (Å²) in [6.07, 6.45) is 5.54. The summed E-state index contributed by atoms with van der Waals surface area (Å²) in [6, 6.07) is 3.53. The van der Waals surface area contributed by atoms with E-state index in [0.29, 0.717) is 12.1 Å². The molecule has 1 heterocycles. The fraction of sp³-hybridized carbons (Fsp3) is 0.538. The Bertz CT molecular complexity index is 319. The van der Waals surface area contributed by atoms with Gasteiger partial charge >= 0.3 is 0 Å². The molecule has 0 amide bonds. The number of nitrogens with zero attached hydrogens (tertiary/aromatic N) is 1. The van der Waals surface area contributed by atoms with E-state index in [-0.39, 0.29) is 5.78 Å². The molecular weight excluding hydrogens is 202 g/mol. The number of carbonyl (C=O) groups is 1. The molecule has 1 rings (SSSR count). The number of rotatable bonds is 7. The van der Waals surface area contributed by atoms with Crippen LogP contribution in [0.2, 0.25) is 0 Å². The number of ketones is 1. The topological polar surface area (TPSA) is 39.2 Å². The van der Waals surface area contributed by atoms with Gasteiger partial charge in [-0.2, -0.15) is 0 Å². The van der Waals surface area contributed by atoms with Crippen LogP contribution in [0, 0.1) is 0 Å². The van der Waals surface area contributed by atoms with Gasteiger partial charge in [0.25, 0.3) is 0 Å². The third-order valence-electron chi connectivity index (χ3n) is 2.36. The van der Waals surface area contributed by atoms with E-state index < -0.39 is 0 Å². The van der Waals surface area contributed by atoms with Gasteiger partial charge in [0.15, 0.2) is 5.78 Å². The first-order chi connectivity index (χ1) is 7.77. The zero-order valence-electron chi connectivity index (χ0n) is 10.0. The van der Waals surface area contributed by atoms with Crippen molar-refractivity contribution < 1.29 is 9.53 Å². The Kier molecular flexibility index (Phi) is 5.54. The van der Waals surface area contributed by atoms with Crippen LogP contribution in [0.5, 0.6) is 5.75 Å². The zero-order chi connectivity index (χ0) is 11.8. The van der Waals surface area contributed by atoms with E-state index in [0.717, 1.165) is 18.8 Å². The van der Waals surface area contributed by atoms with Crippen LogP contribution in [-0.4, -0.2) is 17.4 Å². The van der Waals surface area contributed by atoms with Gasteiger partial charge in [-0.3, -0.25) is 4.79 Å². The number of hydrogen-bond donors (Lipinski definition) is 0. The van der Waals surface area contributed by atoms with Crippen LogP contribution < -0.4 is 4.74 Å². The number of carbonyl (C=O) groups excluding carboxylic acids is 1.